The molecule has 0 bridgehead atoms. The predicted octanol–water partition coefficient (Wildman–Crippen LogP) is 2.53. The van der Waals surface area contributed by atoms with Crippen molar-refractivity contribution in [3.8, 4) is 5.75 Å². The lowest BCUT2D eigenvalue weighted by Gasteiger charge is -2.10. The minimum atomic E-state index is -1.11. The van der Waals surface area contributed by atoms with Crippen LogP contribution in [0.15, 0.2) is 41.8 Å². The van der Waals surface area contributed by atoms with Gasteiger partial charge in [0.1, 0.15) is 11.4 Å². The van der Waals surface area contributed by atoms with Crippen molar-refractivity contribution in [3.63, 3.8) is 0 Å². The molecular weight excluding hydrogens is 242 g/mol. The van der Waals surface area contributed by atoms with E-state index in [9.17, 15) is 0 Å². The number of hydrogen-bond acceptors (Lipinski definition) is 3. The second-order valence-electron chi connectivity index (χ2n) is 4.36. The average Bonchev–Trinajstić information content (AvgIpc) is 2.73. The molecule has 0 radical (unpaired) electrons. The number of hydrogen-bond donors (Lipinski definition) is 0. The standard InChI is InChI=1S/C13H17N3OSi/c1-16-9-11(15-10-16)8-14-12-6-4-5-7-13(12)17-18(2)3/h4-10,18H,1-3H3. The first-order chi connectivity index (χ1) is 8.65. The normalized spacial score (nSPS) is 11.3. The van der Waals surface area contributed by atoms with Gasteiger partial charge < -0.3 is 8.99 Å². The summed E-state index contributed by atoms with van der Waals surface area (Å²) in [5.74, 6) is 0.853. The molecule has 0 amide bonds. The lowest BCUT2D eigenvalue weighted by molar-refractivity contribution is 0.582. The zero-order valence-corrected chi connectivity index (χ0v) is 12.0. The molecule has 5 heteroatoms. The van der Waals surface area contributed by atoms with Crippen LogP contribution in [0.2, 0.25) is 13.1 Å². The van der Waals surface area contributed by atoms with E-state index in [0.717, 1.165) is 17.1 Å². The summed E-state index contributed by atoms with van der Waals surface area (Å²) < 4.78 is 7.73. The lowest BCUT2D eigenvalue weighted by atomic mass is 10.3. The van der Waals surface area contributed by atoms with Crippen molar-refractivity contribution >= 4 is 20.9 Å². The molecule has 0 aliphatic carbocycles. The van der Waals surface area contributed by atoms with E-state index < -0.39 is 9.04 Å². The Morgan fingerprint density at radius 1 is 1.33 bits per heavy atom. The van der Waals surface area contributed by atoms with Gasteiger partial charge in [-0.05, 0) is 25.2 Å². The molecule has 0 N–H and O–H groups in total. The number of aromatic nitrogens is 2. The van der Waals surface area contributed by atoms with E-state index in [4.69, 9.17) is 4.43 Å². The Bertz CT molecular complexity index is 549. The molecule has 94 valence electrons. The summed E-state index contributed by atoms with van der Waals surface area (Å²) >= 11 is 0. The largest absolute Gasteiger partial charge is 0.546 e. The summed E-state index contributed by atoms with van der Waals surface area (Å²) in [5.41, 5.74) is 1.69. The Balaban J connectivity index is 2.20. The maximum Gasteiger partial charge on any atom is 0.229 e. The third kappa shape index (κ3) is 3.30. The molecule has 0 aliphatic rings. The van der Waals surface area contributed by atoms with Gasteiger partial charge in [-0.1, -0.05) is 12.1 Å². The van der Waals surface area contributed by atoms with E-state index >= 15 is 0 Å². The third-order valence-corrected chi connectivity index (χ3v) is 3.01. The van der Waals surface area contributed by atoms with Crippen molar-refractivity contribution in [2.45, 2.75) is 13.1 Å². The van der Waals surface area contributed by atoms with Crippen molar-refractivity contribution < 1.29 is 4.43 Å². The number of rotatable bonds is 4. The van der Waals surface area contributed by atoms with E-state index in [-0.39, 0.29) is 0 Å². The Kier molecular flexibility index (Phi) is 3.94. The van der Waals surface area contributed by atoms with Crippen LogP contribution in [0, 0.1) is 0 Å². The van der Waals surface area contributed by atoms with E-state index in [2.05, 4.69) is 23.1 Å². The van der Waals surface area contributed by atoms with Crippen molar-refractivity contribution in [2.75, 3.05) is 0 Å². The van der Waals surface area contributed by atoms with Crippen LogP contribution >= 0.6 is 0 Å². The number of benzene rings is 1. The SMILES string of the molecule is Cn1cnc(C=Nc2ccccc2O[SiH](C)C)c1. The van der Waals surface area contributed by atoms with Gasteiger partial charge in [0.2, 0.25) is 9.04 Å². The van der Waals surface area contributed by atoms with Gasteiger partial charge >= 0.3 is 0 Å². The Morgan fingerprint density at radius 3 is 2.78 bits per heavy atom. The smallest absolute Gasteiger partial charge is 0.229 e. The first-order valence-corrected chi connectivity index (χ1v) is 8.71. The zero-order chi connectivity index (χ0) is 13.0. The van der Waals surface area contributed by atoms with Crippen LogP contribution in [0.1, 0.15) is 5.69 Å². The molecule has 0 saturated heterocycles. The van der Waals surface area contributed by atoms with E-state index in [1.54, 1.807) is 12.5 Å². The molecule has 0 saturated carbocycles. The quantitative estimate of drug-likeness (QED) is 0.625. The highest BCUT2D eigenvalue weighted by Gasteiger charge is 2.03. The minimum absolute atomic E-state index is 0.842. The van der Waals surface area contributed by atoms with Crippen LogP contribution in [-0.4, -0.2) is 24.8 Å². The average molecular weight is 259 g/mol. The summed E-state index contributed by atoms with van der Waals surface area (Å²) in [7, 11) is 0.823. The molecule has 0 atom stereocenters. The zero-order valence-electron chi connectivity index (χ0n) is 10.9. The van der Waals surface area contributed by atoms with Gasteiger partial charge in [0.25, 0.3) is 0 Å². The molecule has 0 unspecified atom stereocenters. The van der Waals surface area contributed by atoms with E-state index in [1.807, 2.05) is 42.1 Å². The molecule has 1 heterocycles. The van der Waals surface area contributed by atoms with Crippen LogP contribution in [0.4, 0.5) is 5.69 Å². The van der Waals surface area contributed by atoms with Crippen molar-refractivity contribution in [2.24, 2.45) is 12.0 Å². The van der Waals surface area contributed by atoms with Gasteiger partial charge in [0.05, 0.1) is 18.2 Å². The fourth-order valence-electron chi connectivity index (χ4n) is 1.55. The molecule has 2 rings (SSSR count). The fourth-order valence-corrected chi connectivity index (χ4v) is 2.26. The highest BCUT2D eigenvalue weighted by molar-refractivity contribution is 6.49. The number of para-hydroxylation sites is 2. The van der Waals surface area contributed by atoms with Gasteiger partial charge in [0.15, 0.2) is 0 Å². The Morgan fingerprint density at radius 2 is 2.11 bits per heavy atom. The molecule has 1 aromatic carbocycles. The van der Waals surface area contributed by atoms with Crippen LogP contribution in [0.5, 0.6) is 5.75 Å². The second kappa shape index (κ2) is 5.64. The van der Waals surface area contributed by atoms with E-state index in [0.29, 0.717) is 0 Å². The van der Waals surface area contributed by atoms with Crippen molar-refractivity contribution in [1.82, 2.24) is 9.55 Å². The molecular formula is C13H17N3OSi. The lowest BCUT2D eigenvalue weighted by Crippen LogP contribution is -2.11. The number of nitrogens with zero attached hydrogens (tertiary/aromatic N) is 3. The van der Waals surface area contributed by atoms with Crippen molar-refractivity contribution in [3.05, 3.63) is 42.5 Å². The Hall–Kier alpha value is -1.88. The van der Waals surface area contributed by atoms with E-state index in [1.165, 1.54) is 0 Å². The summed E-state index contributed by atoms with van der Waals surface area (Å²) in [6, 6.07) is 7.83. The first-order valence-electron chi connectivity index (χ1n) is 5.93. The molecule has 4 nitrogen and oxygen atoms in total. The highest BCUT2D eigenvalue weighted by atomic mass is 28.3. The minimum Gasteiger partial charge on any atom is -0.546 e. The van der Waals surface area contributed by atoms with Gasteiger partial charge in [0, 0.05) is 13.2 Å². The fraction of sp³-hybridized carbons (Fsp3) is 0.231. The topological polar surface area (TPSA) is 39.4 Å². The van der Waals surface area contributed by atoms with Crippen LogP contribution in [0.25, 0.3) is 0 Å². The van der Waals surface area contributed by atoms with Gasteiger partial charge in [-0.2, -0.15) is 0 Å². The molecule has 1 aromatic heterocycles. The van der Waals surface area contributed by atoms with Gasteiger partial charge in [-0.3, -0.25) is 4.99 Å². The summed E-state index contributed by atoms with van der Waals surface area (Å²) in [4.78, 5) is 8.64. The monoisotopic (exact) mass is 259 g/mol. The summed E-state index contributed by atoms with van der Waals surface area (Å²) in [5, 5.41) is 0. The number of aryl methyl sites for hydroxylation is 1. The van der Waals surface area contributed by atoms with Gasteiger partial charge in [-0.15, -0.1) is 0 Å². The number of imidazole rings is 1. The number of aliphatic imine (C=N–C) groups is 1. The summed E-state index contributed by atoms with van der Waals surface area (Å²) in [6.45, 7) is 4.28. The second-order valence-corrected chi connectivity index (χ2v) is 6.69. The van der Waals surface area contributed by atoms with Crippen LogP contribution in [-0.2, 0) is 7.05 Å². The predicted molar refractivity (Wildman–Crippen MR) is 76.4 cm³/mol. The molecule has 0 fully saturated rings. The maximum absolute atomic E-state index is 5.84. The van der Waals surface area contributed by atoms with Crippen LogP contribution in [0.3, 0.4) is 0 Å². The van der Waals surface area contributed by atoms with Crippen LogP contribution < -0.4 is 4.43 Å². The van der Waals surface area contributed by atoms with Gasteiger partial charge in [-0.25, -0.2) is 4.98 Å². The highest BCUT2D eigenvalue weighted by Crippen LogP contribution is 2.27. The molecule has 0 spiro atoms. The first kappa shape index (κ1) is 12.6. The summed E-state index contributed by atoms with van der Waals surface area (Å²) in [6.07, 6.45) is 5.43. The molecule has 2 aromatic rings. The molecule has 0 aliphatic heterocycles. The van der Waals surface area contributed by atoms with Crippen molar-refractivity contribution in [1.29, 1.82) is 0 Å². The third-order valence-electron chi connectivity index (χ3n) is 2.29. The maximum atomic E-state index is 5.84. The Labute approximate surface area is 109 Å². The molecule has 18 heavy (non-hydrogen) atoms.